The molecule has 0 spiro atoms. The summed E-state index contributed by atoms with van der Waals surface area (Å²) >= 11 is 0. The molecule has 1 saturated heterocycles. The summed E-state index contributed by atoms with van der Waals surface area (Å²) in [6.07, 6.45) is 0.00415. The number of rotatable bonds is 4. The molecule has 1 aromatic carbocycles. The summed E-state index contributed by atoms with van der Waals surface area (Å²) in [4.78, 5) is 17.9. The number of aromatic nitrogens is 1. The first-order chi connectivity index (χ1) is 10.6. The van der Waals surface area contributed by atoms with Crippen LogP contribution in [0, 0.1) is 0 Å². The maximum atomic E-state index is 11.0. The molecular weight excluding hydrogens is 282 g/mol. The van der Waals surface area contributed by atoms with E-state index in [-0.39, 0.29) is 18.1 Å². The number of hydrogen-bond donors (Lipinski definition) is 1. The van der Waals surface area contributed by atoms with Gasteiger partial charge in [0.15, 0.2) is 5.58 Å². The zero-order chi connectivity index (χ0) is 15.5. The Morgan fingerprint density at radius 1 is 1.50 bits per heavy atom. The fraction of sp³-hybridized carbons (Fsp3) is 0.500. The fourth-order valence-corrected chi connectivity index (χ4v) is 2.70. The van der Waals surface area contributed by atoms with Crippen LogP contribution in [0.1, 0.15) is 25.8 Å². The quantitative estimate of drug-likeness (QED) is 0.931. The van der Waals surface area contributed by atoms with Crippen LogP contribution in [0.25, 0.3) is 11.1 Å². The molecular formula is C16H21N3O3. The largest absolute Gasteiger partial charge is 0.439 e. The second-order valence-electron chi connectivity index (χ2n) is 5.62. The van der Waals surface area contributed by atoms with Gasteiger partial charge in [-0.25, -0.2) is 4.98 Å². The number of oxazole rings is 1. The van der Waals surface area contributed by atoms with Gasteiger partial charge in [-0.2, -0.15) is 0 Å². The number of morpholine rings is 1. The summed E-state index contributed by atoms with van der Waals surface area (Å²) in [5, 5.41) is 2.81. The number of carbonyl (C=O) groups is 1. The van der Waals surface area contributed by atoms with E-state index in [4.69, 9.17) is 9.15 Å². The molecule has 2 unspecified atom stereocenters. The molecule has 2 aromatic rings. The maximum absolute atomic E-state index is 11.0. The molecule has 1 aromatic heterocycles. The maximum Gasteiger partial charge on any atom is 0.216 e. The van der Waals surface area contributed by atoms with Crippen molar-refractivity contribution in [1.82, 2.24) is 15.2 Å². The molecule has 1 aliphatic rings. The van der Waals surface area contributed by atoms with Crippen LogP contribution < -0.4 is 5.32 Å². The average molecular weight is 303 g/mol. The van der Waals surface area contributed by atoms with Gasteiger partial charge in [0.1, 0.15) is 5.52 Å². The number of nitrogens with one attached hydrogen (secondary N) is 1. The molecule has 6 nitrogen and oxygen atoms in total. The van der Waals surface area contributed by atoms with Crippen LogP contribution in [-0.2, 0) is 9.53 Å². The van der Waals surface area contributed by atoms with Gasteiger partial charge in [-0.1, -0.05) is 12.1 Å². The molecule has 118 valence electrons. The van der Waals surface area contributed by atoms with Crippen molar-refractivity contribution in [2.75, 3.05) is 26.2 Å². The Bertz CT molecular complexity index is 622. The van der Waals surface area contributed by atoms with Crippen molar-refractivity contribution in [3.63, 3.8) is 0 Å². The smallest absolute Gasteiger partial charge is 0.216 e. The molecule has 3 rings (SSSR count). The van der Waals surface area contributed by atoms with Crippen molar-refractivity contribution in [3.8, 4) is 0 Å². The summed E-state index contributed by atoms with van der Waals surface area (Å²) in [6, 6.07) is 7.86. The highest BCUT2D eigenvalue weighted by Gasteiger charge is 2.27. The third-order valence-corrected chi connectivity index (χ3v) is 3.96. The average Bonchev–Trinajstić information content (AvgIpc) is 2.96. The molecule has 22 heavy (non-hydrogen) atoms. The van der Waals surface area contributed by atoms with Crippen LogP contribution in [0.2, 0.25) is 0 Å². The van der Waals surface area contributed by atoms with Gasteiger partial charge in [-0.3, -0.25) is 9.69 Å². The molecule has 0 saturated carbocycles. The van der Waals surface area contributed by atoms with Gasteiger partial charge < -0.3 is 14.5 Å². The molecule has 0 bridgehead atoms. The Morgan fingerprint density at radius 2 is 2.32 bits per heavy atom. The Kier molecular flexibility index (Phi) is 4.40. The summed E-state index contributed by atoms with van der Waals surface area (Å²) in [6.45, 7) is 6.37. The number of amides is 1. The lowest BCUT2D eigenvalue weighted by Crippen LogP contribution is -2.48. The molecule has 6 heteroatoms. The van der Waals surface area contributed by atoms with E-state index in [0.29, 0.717) is 13.2 Å². The van der Waals surface area contributed by atoms with Crippen molar-refractivity contribution in [2.24, 2.45) is 0 Å². The van der Waals surface area contributed by atoms with Crippen molar-refractivity contribution in [3.05, 3.63) is 30.2 Å². The Balaban J connectivity index is 1.68. The number of para-hydroxylation sites is 2. The summed E-state index contributed by atoms with van der Waals surface area (Å²) < 4.78 is 11.5. The van der Waals surface area contributed by atoms with Crippen molar-refractivity contribution >= 4 is 17.0 Å². The zero-order valence-corrected chi connectivity index (χ0v) is 12.9. The van der Waals surface area contributed by atoms with E-state index in [0.717, 1.165) is 30.1 Å². The lowest BCUT2D eigenvalue weighted by atomic mass is 10.2. The standard InChI is InChI=1S/C16H21N3O3/c1-11(16-18-14-5-3-4-6-15(14)22-16)19-7-8-21-13(10-19)9-17-12(2)20/h3-6,11,13H,7-10H2,1-2H3,(H,17,20). The molecule has 0 aliphatic carbocycles. The van der Waals surface area contributed by atoms with E-state index >= 15 is 0 Å². The molecule has 1 fully saturated rings. The van der Waals surface area contributed by atoms with Crippen LogP contribution in [0.5, 0.6) is 0 Å². The van der Waals surface area contributed by atoms with E-state index in [2.05, 4.69) is 22.1 Å². The molecule has 0 radical (unpaired) electrons. The number of benzene rings is 1. The van der Waals surface area contributed by atoms with Gasteiger partial charge in [-0.05, 0) is 19.1 Å². The van der Waals surface area contributed by atoms with Crippen LogP contribution >= 0.6 is 0 Å². The minimum Gasteiger partial charge on any atom is -0.439 e. The third-order valence-electron chi connectivity index (χ3n) is 3.96. The SMILES string of the molecule is CC(=O)NCC1CN(C(C)c2nc3ccccc3o2)CCO1. The highest BCUT2D eigenvalue weighted by atomic mass is 16.5. The van der Waals surface area contributed by atoms with E-state index in [1.54, 1.807) is 0 Å². The number of hydrogen-bond acceptors (Lipinski definition) is 5. The summed E-state index contributed by atoms with van der Waals surface area (Å²) in [5.41, 5.74) is 1.69. The van der Waals surface area contributed by atoms with E-state index in [1.165, 1.54) is 6.92 Å². The van der Waals surface area contributed by atoms with Gasteiger partial charge in [0.25, 0.3) is 0 Å². The van der Waals surface area contributed by atoms with Gasteiger partial charge in [0.05, 0.1) is 18.8 Å². The zero-order valence-electron chi connectivity index (χ0n) is 12.9. The van der Waals surface area contributed by atoms with Crippen molar-refractivity contribution in [1.29, 1.82) is 0 Å². The molecule has 1 aliphatic heterocycles. The van der Waals surface area contributed by atoms with E-state index < -0.39 is 0 Å². The van der Waals surface area contributed by atoms with E-state index in [1.807, 2.05) is 24.3 Å². The van der Waals surface area contributed by atoms with E-state index in [9.17, 15) is 4.79 Å². The first-order valence-corrected chi connectivity index (χ1v) is 7.59. The molecule has 2 atom stereocenters. The minimum atomic E-state index is -0.0345. The normalized spacial score (nSPS) is 20.9. The molecule has 1 amide bonds. The predicted octanol–water partition coefficient (Wildman–Crippen LogP) is 1.73. The lowest BCUT2D eigenvalue weighted by molar-refractivity contribution is -0.120. The number of ether oxygens (including phenoxy) is 1. The van der Waals surface area contributed by atoms with Crippen molar-refractivity contribution < 1.29 is 13.9 Å². The van der Waals surface area contributed by atoms with Crippen molar-refractivity contribution in [2.45, 2.75) is 26.0 Å². The first kappa shape index (κ1) is 15.0. The second kappa shape index (κ2) is 6.46. The number of fused-ring (bicyclic) bond motifs is 1. The first-order valence-electron chi connectivity index (χ1n) is 7.59. The number of nitrogens with zero attached hydrogens (tertiary/aromatic N) is 2. The van der Waals surface area contributed by atoms with Gasteiger partial charge >= 0.3 is 0 Å². The Labute approximate surface area is 129 Å². The lowest BCUT2D eigenvalue weighted by Gasteiger charge is -2.35. The van der Waals surface area contributed by atoms with Crippen LogP contribution in [0.3, 0.4) is 0 Å². The topological polar surface area (TPSA) is 67.6 Å². The van der Waals surface area contributed by atoms with Gasteiger partial charge in [0, 0.05) is 26.6 Å². The highest BCUT2D eigenvalue weighted by Crippen LogP contribution is 2.25. The fourth-order valence-electron chi connectivity index (χ4n) is 2.70. The van der Waals surface area contributed by atoms with Crippen LogP contribution in [0.15, 0.2) is 28.7 Å². The summed E-state index contributed by atoms with van der Waals surface area (Å²) in [5.74, 6) is 0.689. The van der Waals surface area contributed by atoms with Gasteiger partial charge in [-0.15, -0.1) is 0 Å². The Hall–Kier alpha value is -1.92. The summed E-state index contributed by atoms with van der Waals surface area (Å²) in [7, 11) is 0. The number of carbonyl (C=O) groups excluding carboxylic acids is 1. The minimum absolute atomic E-state index is 0.00415. The Morgan fingerprint density at radius 3 is 3.09 bits per heavy atom. The molecule has 2 heterocycles. The van der Waals surface area contributed by atoms with Crippen LogP contribution in [0.4, 0.5) is 0 Å². The molecule has 1 N–H and O–H groups in total. The predicted molar refractivity (Wildman–Crippen MR) is 82.4 cm³/mol. The second-order valence-corrected chi connectivity index (χ2v) is 5.62. The van der Waals surface area contributed by atoms with Gasteiger partial charge in [0.2, 0.25) is 11.8 Å². The van der Waals surface area contributed by atoms with Crippen LogP contribution in [-0.4, -0.2) is 48.1 Å². The third kappa shape index (κ3) is 3.28. The highest BCUT2D eigenvalue weighted by molar-refractivity contribution is 5.73. The monoisotopic (exact) mass is 303 g/mol.